The number of hydrogen-bond acceptors (Lipinski definition) is 4. The maximum absolute atomic E-state index is 5.35. The van der Waals surface area contributed by atoms with Crippen molar-refractivity contribution in [3.8, 4) is 5.75 Å². The van der Waals surface area contributed by atoms with E-state index < -0.39 is 0 Å². The molecular weight excluding hydrogens is 228 g/mol. The first-order valence-electron chi connectivity index (χ1n) is 5.92. The number of aryl methyl sites for hydroxylation is 3. The van der Waals surface area contributed by atoms with Crippen LogP contribution in [0.1, 0.15) is 22.6 Å². The predicted octanol–water partition coefficient (Wildman–Crippen LogP) is 3.22. The Morgan fingerprint density at radius 2 is 2.06 bits per heavy atom. The molecule has 1 N–H and O–H groups in total. The second-order valence-electron chi connectivity index (χ2n) is 4.36. The van der Waals surface area contributed by atoms with Gasteiger partial charge in [-0.1, -0.05) is 11.2 Å². The van der Waals surface area contributed by atoms with Crippen LogP contribution in [-0.2, 0) is 6.54 Å². The Bertz CT molecular complexity index is 527. The summed E-state index contributed by atoms with van der Waals surface area (Å²) in [7, 11) is 1.68. The molecule has 0 aliphatic heterocycles. The number of ether oxygens (including phenoxy) is 1. The summed E-state index contributed by atoms with van der Waals surface area (Å²) in [6.07, 6.45) is 0. The van der Waals surface area contributed by atoms with Crippen molar-refractivity contribution in [2.24, 2.45) is 0 Å². The number of benzene rings is 1. The third-order valence-electron chi connectivity index (χ3n) is 2.99. The molecule has 18 heavy (non-hydrogen) atoms. The highest BCUT2D eigenvalue weighted by Gasteiger charge is 2.09. The average molecular weight is 246 g/mol. The summed E-state index contributed by atoms with van der Waals surface area (Å²) in [6, 6.07) is 6.08. The Morgan fingerprint density at radius 1 is 1.28 bits per heavy atom. The minimum atomic E-state index is 0.681. The molecule has 2 aromatic rings. The first-order chi connectivity index (χ1) is 8.61. The molecule has 0 saturated carbocycles. The highest BCUT2D eigenvalue weighted by Crippen LogP contribution is 2.26. The third-order valence-corrected chi connectivity index (χ3v) is 2.99. The molecular formula is C14H18N2O2. The lowest BCUT2D eigenvalue weighted by molar-refractivity contribution is 0.392. The van der Waals surface area contributed by atoms with Crippen molar-refractivity contribution in [1.82, 2.24) is 5.16 Å². The van der Waals surface area contributed by atoms with Crippen molar-refractivity contribution in [1.29, 1.82) is 0 Å². The maximum atomic E-state index is 5.35. The van der Waals surface area contributed by atoms with Gasteiger partial charge in [0.15, 0.2) is 0 Å². The van der Waals surface area contributed by atoms with E-state index in [0.717, 1.165) is 28.5 Å². The summed E-state index contributed by atoms with van der Waals surface area (Å²) < 4.78 is 10.5. The number of rotatable bonds is 4. The molecule has 1 aromatic carbocycles. The number of nitrogens with zero attached hydrogens (tertiary/aromatic N) is 1. The highest BCUT2D eigenvalue weighted by atomic mass is 16.5. The van der Waals surface area contributed by atoms with Gasteiger partial charge in [-0.15, -0.1) is 0 Å². The smallest absolute Gasteiger partial charge is 0.142 e. The van der Waals surface area contributed by atoms with E-state index in [0.29, 0.717) is 6.54 Å². The zero-order valence-electron chi connectivity index (χ0n) is 11.2. The van der Waals surface area contributed by atoms with Gasteiger partial charge < -0.3 is 14.6 Å². The van der Waals surface area contributed by atoms with Gasteiger partial charge in [-0.3, -0.25) is 0 Å². The number of aromatic nitrogens is 1. The normalized spacial score (nSPS) is 10.4. The fourth-order valence-corrected chi connectivity index (χ4v) is 1.88. The van der Waals surface area contributed by atoms with Crippen LogP contribution in [-0.4, -0.2) is 12.3 Å². The summed E-state index contributed by atoms with van der Waals surface area (Å²) in [6.45, 7) is 6.59. The van der Waals surface area contributed by atoms with E-state index >= 15 is 0 Å². The summed E-state index contributed by atoms with van der Waals surface area (Å²) in [5.74, 6) is 1.70. The van der Waals surface area contributed by atoms with Gasteiger partial charge in [0.05, 0.1) is 18.5 Å². The average Bonchev–Trinajstić information content (AvgIpc) is 2.68. The van der Waals surface area contributed by atoms with Gasteiger partial charge in [-0.25, -0.2) is 0 Å². The molecule has 0 bridgehead atoms. The standard InChI is InChI=1S/C14H18N2O2/c1-9-5-6-13(14(7-9)17-4)15-8-12-10(2)16-18-11(12)3/h5-7,15H,8H2,1-4H3. The van der Waals surface area contributed by atoms with Crippen LogP contribution in [0.3, 0.4) is 0 Å². The molecule has 0 unspecified atom stereocenters. The SMILES string of the molecule is COc1cc(C)ccc1NCc1c(C)noc1C. The van der Waals surface area contributed by atoms with Gasteiger partial charge in [-0.05, 0) is 38.5 Å². The molecule has 2 rings (SSSR count). The Labute approximate surface area is 107 Å². The fraction of sp³-hybridized carbons (Fsp3) is 0.357. The van der Waals surface area contributed by atoms with Gasteiger partial charge in [0.2, 0.25) is 0 Å². The Kier molecular flexibility index (Phi) is 3.55. The Hall–Kier alpha value is -1.97. The van der Waals surface area contributed by atoms with E-state index in [1.807, 2.05) is 32.9 Å². The summed E-state index contributed by atoms with van der Waals surface area (Å²) in [4.78, 5) is 0. The second kappa shape index (κ2) is 5.12. The third kappa shape index (κ3) is 2.47. The highest BCUT2D eigenvalue weighted by molar-refractivity contribution is 5.58. The molecule has 0 spiro atoms. The molecule has 0 aliphatic carbocycles. The van der Waals surface area contributed by atoms with Crippen molar-refractivity contribution in [3.63, 3.8) is 0 Å². The number of anilines is 1. The van der Waals surface area contributed by atoms with Crippen molar-refractivity contribution in [3.05, 3.63) is 40.8 Å². The maximum Gasteiger partial charge on any atom is 0.142 e. The molecule has 1 aromatic heterocycles. The van der Waals surface area contributed by atoms with E-state index in [1.54, 1.807) is 7.11 Å². The quantitative estimate of drug-likeness (QED) is 0.899. The van der Waals surface area contributed by atoms with Crippen LogP contribution in [0.5, 0.6) is 5.75 Å². The van der Waals surface area contributed by atoms with Gasteiger partial charge in [0.1, 0.15) is 11.5 Å². The largest absolute Gasteiger partial charge is 0.495 e. The molecule has 0 radical (unpaired) electrons. The lowest BCUT2D eigenvalue weighted by Gasteiger charge is -2.11. The van der Waals surface area contributed by atoms with E-state index in [-0.39, 0.29) is 0 Å². The molecule has 96 valence electrons. The topological polar surface area (TPSA) is 47.3 Å². The van der Waals surface area contributed by atoms with Gasteiger partial charge >= 0.3 is 0 Å². The summed E-state index contributed by atoms with van der Waals surface area (Å²) >= 11 is 0. The monoisotopic (exact) mass is 246 g/mol. The summed E-state index contributed by atoms with van der Waals surface area (Å²) in [5.41, 5.74) is 4.17. The van der Waals surface area contributed by atoms with Gasteiger partial charge in [0, 0.05) is 12.1 Å². The van der Waals surface area contributed by atoms with Crippen molar-refractivity contribution < 1.29 is 9.26 Å². The minimum absolute atomic E-state index is 0.681. The zero-order chi connectivity index (χ0) is 13.1. The summed E-state index contributed by atoms with van der Waals surface area (Å²) in [5, 5.41) is 7.29. The van der Waals surface area contributed by atoms with Crippen LogP contribution in [0.25, 0.3) is 0 Å². The first kappa shape index (κ1) is 12.5. The van der Waals surface area contributed by atoms with Crippen molar-refractivity contribution in [2.45, 2.75) is 27.3 Å². The number of hydrogen-bond donors (Lipinski definition) is 1. The molecule has 4 nitrogen and oxygen atoms in total. The Morgan fingerprint density at radius 3 is 2.67 bits per heavy atom. The Balaban J connectivity index is 2.15. The lowest BCUT2D eigenvalue weighted by Crippen LogP contribution is -2.03. The van der Waals surface area contributed by atoms with E-state index in [4.69, 9.17) is 9.26 Å². The molecule has 0 amide bonds. The number of nitrogens with one attached hydrogen (secondary N) is 1. The van der Waals surface area contributed by atoms with E-state index in [1.165, 1.54) is 5.56 Å². The molecule has 0 atom stereocenters. The second-order valence-corrected chi connectivity index (χ2v) is 4.36. The van der Waals surface area contributed by atoms with Crippen LogP contribution in [0.2, 0.25) is 0 Å². The first-order valence-corrected chi connectivity index (χ1v) is 5.92. The van der Waals surface area contributed by atoms with Crippen LogP contribution in [0.15, 0.2) is 22.7 Å². The number of methoxy groups -OCH3 is 1. The lowest BCUT2D eigenvalue weighted by atomic mass is 10.2. The van der Waals surface area contributed by atoms with E-state index in [2.05, 4.69) is 16.5 Å². The van der Waals surface area contributed by atoms with Crippen molar-refractivity contribution >= 4 is 5.69 Å². The zero-order valence-corrected chi connectivity index (χ0v) is 11.2. The predicted molar refractivity (Wildman–Crippen MR) is 71.0 cm³/mol. The minimum Gasteiger partial charge on any atom is -0.495 e. The van der Waals surface area contributed by atoms with Gasteiger partial charge in [0.25, 0.3) is 0 Å². The van der Waals surface area contributed by atoms with Crippen LogP contribution in [0.4, 0.5) is 5.69 Å². The molecule has 0 fully saturated rings. The molecule has 4 heteroatoms. The fourth-order valence-electron chi connectivity index (χ4n) is 1.88. The van der Waals surface area contributed by atoms with Crippen molar-refractivity contribution in [2.75, 3.05) is 12.4 Å². The van der Waals surface area contributed by atoms with Crippen LogP contribution in [0, 0.1) is 20.8 Å². The van der Waals surface area contributed by atoms with Crippen LogP contribution < -0.4 is 10.1 Å². The van der Waals surface area contributed by atoms with Crippen LogP contribution >= 0.6 is 0 Å². The molecule has 1 heterocycles. The van der Waals surface area contributed by atoms with Gasteiger partial charge in [-0.2, -0.15) is 0 Å². The molecule has 0 saturated heterocycles. The molecule has 0 aliphatic rings. The van der Waals surface area contributed by atoms with E-state index in [9.17, 15) is 0 Å².